The van der Waals surface area contributed by atoms with Gasteiger partial charge >= 0.3 is 0 Å². The molecule has 40 heavy (non-hydrogen) atoms. The lowest BCUT2D eigenvalue weighted by molar-refractivity contribution is -0.140. The number of amides is 2. The van der Waals surface area contributed by atoms with Gasteiger partial charge in [-0.05, 0) is 37.1 Å². The molecule has 0 bridgehead atoms. The number of carbonyl (C=O) groups excluding carboxylic acids is 2. The Morgan fingerprint density at radius 2 is 1.60 bits per heavy atom. The summed E-state index contributed by atoms with van der Waals surface area (Å²) in [6.45, 7) is 2.93. The van der Waals surface area contributed by atoms with Gasteiger partial charge in [0.25, 0.3) is 0 Å². The number of hydrogen-bond acceptors (Lipinski definition) is 5. The number of hydrogen-bond donors (Lipinski definition) is 1. The largest absolute Gasteiger partial charge is 0.495 e. The van der Waals surface area contributed by atoms with Gasteiger partial charge < -0.3 is 15.0 Å². The molecule has 3 aromatic carbocycles. The first kappa shape index (κ1) is 30.6. The number of nitrogens with one attached hydrogen (secondary N) is 1. The van der Waals surface area contributed by atoms with E-state index in [1.54, 1.807) is 24.3 Å². The van der Waals surface area contributed by atoms with E-state index in [0.29, 0.717) is 6.42 Å². The maximum atomic E-state index is 14.8. The summed E-state index contributed by atoms with van der Waals surface area (Å²) in [6.07, 6.45) is 1.81. The first-order valence-corrected chi connectivity index (χ1v) is 14.9. The highest BCUT2D eigenvalue weighted by molar-refractivity contribution is 7.92. The predicted molar refractivity (Wildman–Crippen MR) is 154 cm³/mol. The second-order valence-electron chi connectivity index (χ2n) is 9.58. The summed E-state index contributed by atoms with van der Waals surface area (Å²) < 4.78 is 46.9. The third-order valence-corrected chi connectivity index (χ3v) is 7.73. The highest BCUT2D eigenvalue weighted by Crippen LogP contribution is 2.30. The van der Waals surface area contributed by atoms with Gasteiger partial charge in [0.2, 0.25) is 21.8 Å². The van der Waals surface area contributed by atoms with E-state index in [1.165, 1.54) is 36.3 Å². The van der Waals surface area contributed by atoms with Crippen molar-refractivity contribution in [3.8, 4) is 5.75 Å². The molecule has 1 N–H and O–H groups in total. The van der Waals surface area contributed by atoms with E-state index in [2.05, 4.69) is 5.32 Å². The molecule has 0 aliphatic heterocycles. The average molecular weight is 570 g/mol. The smallest absolute Gasteiger partial charge is 0.244 e. The summed E-state index contributed by atoms with van der Waals surface area (Å²) in [5.41, 5.74) is 1.17. The molecule has 0 aromatic heterocycles. The lowest BCUT2D eigenvalue weighted by Gasteiger charge is -2.34. The third kappa shape index (κ3) is 8.05. The van der Waals surface area contributed by atoms with E-state index in [1.807, 2.05) is 44.2 Å². The Morgan fingerprint density at radius 3 is 2.23 bits per heavy atom. The second-order valence-corrected chi connectivity index (χ2v) is 11.5. The topological polar surface area (TPSA) is 96.0 Å². The van der Waals surface area contributed by atoms with E-state index >= 15 is 0 Å². The number of ether oxygens (including phenoxy) is 1. The first-order valence-electron chi connectivity index (χ1n) is 13.0. The van der Waals surface area contributed by atoms with Crippen molar-refractivity contribution in [2.75, 3.05) is 24.2 Å². The Morgan fingerprint density at radius 1 is 0.975 bits per heavy atom. The molecule has 2 atom stereocenters. The maximum Gasteiger partial charge on any atom is 0.244 e. The van der Waals surface area contributed by atoms with Crippen molar-refractivity contribution in [1.29, 1.82) is 0 Å². The monoisotopic (exact) mass is 569 g/mol. The molecule has 0 fully saturated rings. The van der Waals surface area contributed by atoms with Crippen LogP contribution in [0.4, 0.5) is 10.1 Å². The lowest BCUT2D eigenvalue weighted by Crippen LogP contribution is -2.54. The second kappa shape index (κ2) is 13.9. The predicted octanol–water partition coefficient (Wildman–Crippen LogP) is 4.16. The molecule has 3 rings (SSSR count). The molecule has 10 heteroatoms. The van der Waals surface area contributed by atoms with E-state index in [-0.39, 0.29) is 36.0 Å². The third-order valence-electron chi connectivity index (χ3n) is 6.60. The molecule has 2 unspecified atom stereocenters. The Labute approximate surface area is 235 Å². The van der Waals surface area contributed by atoms with Gasteiger partial charge in [-0.25, -0.2) is 12.8 Å². The molecule has 8 nitrogen and oxygen atoms in total. The van der Waals surface area contributed by atoms with Crippen LogP contribution in [0.25, 0.3) is 0 Å². The lowest BCUT2D eigenvalue weighted by atomic mass is 10.0. The fourth-order valence-corrected chi connectivity index (χ4v) is 5.09. The minimum absolute atomic E-state index is 0.150. The SMILES string of the molecule is CCC(C)NC(=O)C(Cc1ccccc1)N(Cc1ccccc1F)C(=O)CN(c1ccccc1OC)S(C)(=O)=O. The summed E-state index contributed by atoms with van der Waals surface area (Å²) in [5.74, 6) is -1.35. The zero-order chi connectivity index (χ0) is 29.3. The molecule has 2 amide bonds. The summed E-state index contributed by atoms with van der Waals surface area (Å²) in [7, 11) is -2.55. The quantitative estimate of drug-likeness (QED) is 0.334. The van der Waals surface area contributed by atoms with E-state index in [9.17, 15) is 22.4 Å². The number of anilines is 1. The van der Waals surface area contributed by atoms with Crippen LogP contribution in [-0.2, 0) is 32.6 Å². The van der Waals surface area contributed by atoms with Gasteiger partial charge in [-0.3, -0.25) is 13.9 Å². The Balaban J connectivity index is 2.09. The summed E-state index contributed by atoms with van der Waals surface area (Å²) in [5, 5.41) is 2.94. The van der Waals surface area contributed by atoms with Crippen LogP contribution in [0.15, 0.2) is 78.9 Å². The summed E-state index contributed by atoms with van der Waals surface area (Å²) >= 11 is 0. The van der Waals surface area contributed by atoms with Crippen molar-refractivity contribution in [2.45, 2.75) is 45.3 Å². The normalized spacial score (nSPS) is 12.7. The molecule has 0 aliphatic carbocycles. The highest BCUT2D eigenvalue weighted by atomic mass is 32.2. The molecule has 0 spiro atoms. The van der Waals surface area contributed by atoms with Gasteiger partial charge in [0.1, 0.15) is 24.2 Å². The molecule has 0 heterocycles. The van der Waals surface area contributed by atoms with Crippen LogP contribution >= 0.6 is 0 Å². The van der Waals surface area contributed by atoms with Crippen molar-refractivity contribution >= 4 is 27.5 Å². The van der Waals surface area contributed by atoms with Crippen molar-refractivity contribution in [1.82, 2.24) is 10.2 Å². The first-order chi connectivity index (χ1) is 19.0. The maximum absolute atomic E-state index is 14.8. The summed E-state index contributed by atoms with van der Waals surface area (Å²) in [6, 6.07) is 20.4. The van der Waals surface area contributed by atoms with Gasteiger partial charge in [-0.15, -0.1) is 0 Å². The number of para-hydroxylation sites is 2. The minimum Gasteiger partial charge on any atom is -0.495 e. The molecule has 214 valence electrons. The molecule has 3 aromatic rings. The van der Waals surface area contributed by atoms with Gasteiger partial charge in [-0.2, -0.15) is 0 Å². The number of rotatable bonds is 13. The standard InChI is InChI=1S/C30H36FN3O5S/c1-5-22(2)32-30(36)27(19-23-13-7-6-8-14-23)33(20-24-15-9-10-16-25(24)31)29(35)21-34(40(4,37)38)26-17-11-12-18-28(26)39-3/h6-18,22,27H,5,19-21H2,1-4H3,(H,32,36). The van der Waals surface area contributed by atoms with Gasteiger partial charge in [-0.1, -0.05) is 67.6 Å². The molecule has 0 saturated carbocycles. The van der Waals surface area contributed by atoms with Gasteiger partial charge in [0.05, 0.1) is 19.1 Å². The van der Waals surface area contributed by atoms with Crippen LogP contribution in [0.1, 0.15) is 31.4 Å². The zero-order valence-electron chi connectivity index (χ0n) is 23.2. The Hall–Kier alpha value is -3.92. The van der Waals surface area contributed by atoms with Crippen molar-refractivity contribution < 1.29 is 27.1 Å². The highest BCUT2D eigenvalue weighted by Gasteiger charge is 2.34. The number of benzene rings is 3. The van der Waals surface area contributed by atoms with E-state index < -0.39 is 40.2 Å². The molecular formula is C30H36FN3O5S. The molecule has 0 aliphatic rings. The number of halogens is 1. The van der Waals surface area contributed by atoms with Crippen LogP contribution in [-0.4, -0.2) is 57.1 Å². The van der Waals surface area contributed by atoms with Crippen molar-refractivity contribution in [3.05, 3.63) is 95.8 Å². The van der Waals surface area contributed by atoms with Gasteiger partial charge in [0.15, 0.2) is 0 Å². The van der Waals surface area contributed by atoms with Gasteiger partial charge in [0, 0.05) is 24.6 Å². The van der Waals surface area contributed by atoms with E-state index in [0.717, 1.165) is 16.1 Å². The molecular weight excluding hydrogens is 533 g/mol. The van der Waals surface area contributed by atoms with Crippen LogP contribution in [0, 0.1) is 5.82 Å². The number of sulfonamides is 1. The fourth-order valence-electron chi connectivity index (χ4n) is 4.24. The van der Waals surface area contributed by atoms with Crippen LogP contribution in [0.2, 0.25) is 0 Å². The van der Waals surface area contributed by atoms with Crippen LogP contribution < -0.4 is 14.4 Å². The van der Waals surface area contributed by atoms with Crippen LogP contribution in [0.3, 0.4) is 0 Å². The Bertz CT molecular complexity index is 1400. The number of carbonyl (C=O) groups is 2. The average Bonchev–Trinajstić information content (AvgIpc) is 2.94. The number of nitrogens with zero attached hydrogens (tertiary/aromatic N) is 2. The molecule has 0 saturated heterocycles. The van der Waals surface area contributed by atoms with Crippen LogP contribution in [0.5, 0.6) is 5.75 Å². The molecule has 0 radical (unpaired) electrons. The Kier molecular flexibility index (Phi) is 10.7. The van der Waals surface area contributed by atoms with Crippen molar-refractivity contribution in [3.63, 3.8) is 0 Å². The summed E-state index contributed by atoms with van der Waals surface area (Å²) in [4.78, 5) is 29.0. The number of methoxy groups -OCH3 is 1. The fraction of sp³-hybridized carbons (Fsp3) is 0.333. The minimum atomic E-state index is -3.96. The van der Waals surface area contributed by atoms with Crippen molar-refractivity contribution in [2.24, 2.45) is 0 Å². The van der Waals surface area contributed by atoms with E-state index in [4.69, 9.17) is 4.74 Å². The zero-order valence-corrected chi connectivity index (χ0v) is 24.0.